The van der Waals surface area contributed by atoms with Crippen molar-refractivity contribution < 1.29 is 9.59 Å². The second-order valence-electron chi connectivity index (χ2n) is 5.32. The molecule has 1 N–H and O–H groups in total. The van der Waals surface area contributed by atoms with E-state index < -0.39 is 0 Å². The van der Waals surface area contributed by atoms with Crippen LogP contribution in [0.5, 0.6) is 0 Å². The van der Waals surface area contributed by atoms with Crippen LogP contribution in [-0.2, 0) is 11.2 Å². The number of ketones is 1. The Morgan fingerprint density at radius 1 is 1.17 bits per heavy atom. The Bertz CT molecular complexity index is 474. The number of rotatable bonds is 4. The average molecular weight is 243 g/mol. The number of hydrogen-bond donors (Lipinski definition) is 1. The molecular weight excluding hydrogens is 226 g/mol. The fourth-order valence-electron chi connectivity index (χ4n) is 2.51. The Morgan fingerprint density at radius 3 is 2.44 bits per heavy atom. The van der Waals surface area contributed by atoms with Gasteiger partial charge in [0.05, 0.1) is 0 Å². The molecule has 2 aliphatic rings. The molecule has 0 spiro atoms. The normalized spacial score (nSPS) is 22.9. The zero-order valence-corrected chi connectivity index (χ0v) is 10.3. The monoisotopic (exact) mass is 243 g/mol. The van der Waals surface area contributed by atoms with Gasteiger partial charge in [-0.2, -0.15) is 0 Å². The predicted octanol–water partition coefficient (Wildman–Crippen LogP) is 1.96. The molecule has 0 radical (unpaired) electrons. The molecule has 94 valence electrons. The van der Waals surface area contributed by atoms with Crippen molar-refractivity contribution >= 4 is 11.7 Å². The first-order chi connectivity index (χ1) is 8.74. The number of carbonyl (C=O) groups is 2. The molecule has 1 heterocycles. The van der Waals surface area contributed by atoms with Crippen LogP contribution in [0.2, 0.25) is 0 Å². The first-order valence-electron chi connectivity index (χ1n) is 6.65. The maximum Gasteiger partial charge on any atom is 0.223 e. The van der Waals surface area contributed by atoms with Crippen LogP contribution in [-0.4, -0.2) is 18.2 Å². The molecular formula is C15H17NO2. The predicted molar refractivity (Wildman–Crippen MR) is 68.3 cm³/mol. The van der Waals surface area contributed by atoms with Gasteiger partial charge in [0.25, 0.3) is 0 Å². The zero-order chi connectivity index (χ0) is 12.5. The standard InChI is InChI=1S/C15H17NO2/c17-14(12-5-6-12)11-3-1-10(2-4-11)9-13-7-8-16-15(13)18/h1-4,12-13H,5-9H2,(H,16,18). The summed E-state index contributed by atoms with van der Waals surface area (Å²) in [6.07, 6.45) is 3.79. The van der Waals surface area contributed by atoms with E-state index in [1.165, 1.54) is 0 Å². The lowest BCUT2D eigenvalue weighted by molar-refractivity contribution is -0.122. The minimum Gasteiger partial charge on any atom is -0.356 e. The topological polar surface area (TPSA) is 46.2 Å². The molecule has 18 heavy (non-hydrogen) atoms. The highest BCUT2D eigenvalue weighted by Gasteiger charge is 2.30. The Hall–Kier alpha value is -1.64. The van der Waals surface area contributed by atoms with E-state index in [1.807, 2.05) is 24.3 Å². The summed E-state index contributed by atoms with van der Waals surface area (Å²) in [5, 5.41) is 2.85. The molecule has 1 saturated heterocycles. The number of carbonyl (C=O) groups excluding carboxylic acids is 2. The van der Waals surface area contributed by atoms with E-state index in [4.69, 9.17) is 0 Å². The van der Waals surface area contributed by atoms with Crippen LogP contribution < -0.4 is 5.32 Å². The Balaban J connectivity index is 1.67. The van der Waals surface area contributed by atoms with Crippen molar-refractivity contribution in [2.75, 3.05) is 6.54 Å². The molecule has 1 saturated carbocycles. The average Bonchev–Trinajstić information content (AvgIpc) is 3.16. The molecule has 3 nitrogen and oxygen atoms in total. The summed E-state index contributed by atoms with van der Waals surface area (Å²) in [6.45, 7) is 0.793. The van der Waals surface area contributed by atoms with Crippen LogP contribution in [0.4, 0.5) is 0 Å². The molecule has 1 aliphatic carbocycles. The lowest BCUT2D eigenvalue weighted by Gasteiger charge is -2.07. The van der Waals surface area contributed by atoms with E-state index in [1.54, 1.807) is 0 Å². The van der Waals surface area contributed by atoms with Gasteiger partial charge >= 0.3 is 0 Å². The maximum absolute atomic E-state index is 11.9. The van der Waals surface area contributed by atoms with E-state index >= 15 is 0 Å². The van der Waals surface area contributed by atoms with Crippen LogP contribution in [0.1, 0.15) is 35.2 Å². The summed E-state index contributed by atoms with van der Waals surface area (Å²) < 4.78 is 0. The summed E-state index contributed by atoms with van der Waals surface area (Å²) in [4.78, 5) is 23.3. The van der Waals surface area contributed by atoms with Crippen molar-refractivity contribution in [1.82, 2.24) is 5.32 Å². The summed E-state index contributed by atoms with van der Waals surface area (Å²) >= 11 is 0. The number of hydrogen-bond acceptors (Lipinski definition) is 2. The van der Waals surface area contributed by atoms with Crippen LogP contribution in [0.15, 0.2) is 24.3 Å². The Kier molecular flexibility index (Phi) is 2.90. The summed E-state index contributed by atoms with van der Waals surface area (Å²) in [7, 11) is 0. The fourth-order valence-corrected chi connectivity index (χ4v) is 2.51. The number of benzene rings is 1. The summed E-state index contributed by atoms with van der Waals surface area (Å²) in [6, 6.07) is 7.79. The highest BCUT2D eigenvalue weighted by atomic mass is 16.2. The molecule has 1 unspecified atom stereocenters. The van der Waals surface area contributed by atoms with Crippen molar-refractivity contribution in [1.29, 1.82) is 0 Å². The number of amides is 1. The van der Waals surface area contributed by atoms with E-state index in [9.17, 15) is 9.59 Å². The minimum absolute atomic E-state index is 0.106. The van der Waals surface area contributed by atoms with Gasteiger partial charge < -0.3 is 5.32 Å². The summed E-state index contributed by atoms with van der Waals surface area (Å²) in [5.74, 6) is 0.819. The second kappa shape index (κ2) is 4.56. The van der Waals surface area contributed by atoms with Crippen molar-refractivity contribution in [2.45, 2.75) is 25.7 Å². The van der Waals surface area contributed by atoms with Gasteiger partial charge in [-0.05, 0) is 31.2 Å². The van der Waals surface area contributed by atoms with E-state index in [2.05, 4.69) is 5.32 Å². The second-order valence-corrected chi connectivity index (χ2v) is 5.32. The Morgan fingerprint density at radius 2 is 1.89 bits per heavy atom. The highest BCUT2D eigenvalue weighted by Crippen LogP contribution is 2.32. The number of nitrogens with one attached hydrogen (secondary N) is 1. The molecule has 2 fully saturated rings. The molecule has 1 amide bonds. The van der Waals surface area contributed by atoms with Gasteiger partial charge in [0, 0.05) is 23.9 Å². The molecule has 3 heteroatoms. The Labute approximate surface area is 107 Å². The van der Waals surface area contributed by atoms with E-state index in [0.29, 0.717) is 0 Å². The van der Waals surface area contributed by atoms with Gasteiger partial charge in [-0.25, -0.2) is 0 Å². The minimum atomic E-state index is 0.106. The first-order valence-corrected chi connectivity index (χ1v) is 6.65. The highest BCUT2D eigenvalue weighted by molar-refractivity contribution is 5.99. The quantitative estimate of drug-likeness (QED) is 0.822. The van der Waals surface area contributed by atoms with E-state index in [-0.39, 0.29) is 23.5 Å². The first kappa shape index (κ1) is 11.5. The van der Waals surface area contributed by atoms with Gasteiger partial charge in [0.1, 0.15) is 0 Å². The third kappa shape index (κ3) is 2.30. The lowest BCUT2D eigenvalue weighted by Crippen LogP contribution is -2.20. The molecule has 1 aromatic carbocycles. The van der Waals surface area contributed by atoms with Gasteiger partial charge in [-0.3, -0.25) is 9.59 Å². The number of Topliss-reactive ketones (excluding diaryl/α,β-unsaturated/α-hetero) is 1. The van der Waals surface area contributed by atoms with Crippen LogP contribution >= 0.6 is 0 Å². The lowest BCUT2D eigenvalue weighted by atomic mass is 9.96. The SMILES string of the molecule is O=C1NCCC1Cc1ccc(C(=O)C2CC2)cc1. The largest absolute Gasteiger partial charge is 0.356 e. The van der Waals surface area contributed by atoms with Gasteiger partial charge in [-0.15, -0.1) is 0 Å². The van der Waals surface area contributed by atoms with Crippen LogP contribution in [0.3, 0.4) is 0 Å². The third-order valence-electron chi connectivity index (χ3n) is 3.83. The van der Waals surface area contributed by atoms with Crippen molar-refractivity contribution in [2.24, 2.45) is 11.8 Å². The van der Waals surface area contributed by atoms with E-state index in [0.717, 1.165) is 43.4 Å². The molecule has 1 aromatic rings. The molecule has 0 aromatic heterocycles. The van der Waals surface area contributed by atoms with Crippen molar-refractivity contribution in [3.63, 3.8) is 0 Å². The van der Waals surface area contributed by atoms with Crippen LogP contribution in [0, 0.1) is 11.8 Å². The maximum atomic E-state index is 11.9. The van der Waals surface area contributed by atoms with Gasteiger partial charge in [0.2, 0.25) is 5.91 Å². The molecule has 1 aliphatic heterocycles. The molecule has 0 bridgehead atoms. The van der Waals surface area contributed by atoms with Crippen LogP contribution in [0.25, 0.3) is 0 Å². The molecule has 1 atom stereocenters. The van der Waals surface area contributed by atoms with Crippen molar-refractivity contribution in [3.05, 3.63) is 35.4 Å². The molecule has 3 rings (SSSR count). The third-order valence-corrected chi connectivity index (χ3v) is 3.83. The van der Waals surface area contributed by atoms with Crippen molar-refractivity contribution in [3.8, 4) is 0 Å². The summed E-state index contributed by atoms with van der Waals surface area (Å²) in [5.41, 5.74) is 1.96. The smallest absolute Gasteiger partial charge is 0.223 e. The van der Waals surface area contributed by atoms with Gasteiger partial charge in [-0.1, -0.05) is 24.3 Å². The van der Waals surface area contributed by atoms with Gasteiger partial charge in [0.15, 0.2) is 5.78 Å². The fraction of sp³-hybridized carbons (Fsp3) is 0.467. The zero-order valence-electron chi connectivity index (χ0n) is 10.3.